The van der Waals surface area contributed by atoms with Gasteiger partial charge in [-0.25, -0.2) is 0 Å². The molecule has 3 heterocycles. The summed E-state index contributed by atoms with van der Waals surface area (Å²) in [5.74, 6) is 0. The minimum Gasteiger partial charge on any atom is -0.298 e. The molecular formula is C30H55N3. The Morgan fingerprint density at radius 1 is 0.485 bits per heavy atom. The van der Waals surface area contributed by atoms with E-state index >= 15 is 0 Å². The molecule has 0 radical (unpaired) electrons. The van der Waals surface area contributed by atoms with Crippen LogP contribution in [0.5, 0.6) is 0 Å². The molecule has 3 aliphatic heterocycles. The van der Waals surface area contributed by atoms with Crippen molar-refractivity contribution in [1.82, 2.24) is 14.7 Å². The molecule has 4 rings (SSSR count). The van der Waals surface area contributed by atoms with Gasteiger partial charge in [-0.3, -0.25) is 14.7 Å². The summed E-state index contributed by atoms with van der Waals surface area (Å²) in [5, 5.41) is 0. The molecule has 33 heavy (non-hydrogen) atoms. The third-order valence-corrected chi connectivity index (χ3v) is 7.44. The zero-order valence-corrected chi connectivity index (χ0v) is 23.6. The molecule has 0 aliphatic carbocycles. The van der Waals surface area contributed by atoms with Crippen LogP contribution < -0.4 is 0 Å². The molecule has 2 saturated heterocycles. The van der Waals surface area contributed by atoms with Crippen molar-refractivity contribution in [2.45, 2.75) is 124 Å². The van der Waals surface area contributed by atoms with E-state index in [1.54, 1.807) is 0 Å². The van der Waals surface area contributed by atoms with Crippen LogP contribution in [0.4, 0.5) is 0 Å². The van der Waals surface area contributed by atoms with Crippen molar-refractivity contribution in [1.29, 1.82) is 0 Å². The molecule has 0 unspecified atom stereocenters. The van der Waals surface area contributed by atoms with Crippen LogP contribution >= 0.6 is 0 Å². The minimum absolute atomic E-state index is 0.299. The van der Waals surface area contributed by atoms with E-state index in [2.05, 4.69) is 101 Å². The first kappa shape index (κ1) is 28.3. The maximum absolute atomic E-state index is 2.58. The Labute approximate surface area is 206 Å². The third-order valence-electron chi connectivity index (χ3n) is 7.44. The van der Waals surface area contributed by atoms with Crippen molar-refractivity contribution in [2.24, 2.45) is 0 Å². The van der Waals surface area contributed by atoms with Crippen LogP contribution in [0.1, 0.15) is 106 Å². The van der Waals surface area contributed by atoms with Crippen LogP contribution in [0.25, 0.3) is 0 Å². The zero-order valence-electron chi connectivity index (χ0n) is 23.6. The number of hydrogen-bond donors (Lipinski definition) is 0. The summed E-state index contributed by atoms with van der Waals surface area (Å²) in [6.45, 7) is 28.2. The number of hydrogen-bond acceptors (Lipinski definition) is 3. The SMILES string of the molecule is CC(C)(C)N1CCCC1.CC(C)(C)N1CCCCC1.CC(C)(C)N1CCc2ccccc2C1. The molecule has 3 nitrogen and oxygen atoms in total. The van der Waals surface area contributed by atoms with E-state index in [4.69, 9.17) is 0 Å². The molecule has 3 aliphatic rings. The number of fused-ring (bicyclic) bond motifs is 1. The number of piperidine rings is 1. The van der Waals surface area contributed by atoms with Gasteiger partial charge in [0.15, 0.2) is 0 Å². The number of nitrogens with zero attached hydrogens (tertiary/aromatic N) is 3. The zero-order chi connectivity index (χ0) is 24.7. The van der Waals surface area contributed by atoms with Crippen LogP contribution in [0, 0.1) is 0 Å². The minimum atomic E-state index is 0.299. The third kappa shape index (κ3) is 9.70. The Kier molecular flexibility index (Phi) is 10.5. The summed E-state index contributed by atoms with van der Waals surface area (Å²) in [6, 6.07) is 8.80. The Bertz CT molecular complexity index is 678. The lowest BCUT2D eigenvalue weighted by molar-refractivity contribution is 0.111. The largest absolute Gasteiger partial charge is 0.298 e. The quantitative estimate of drug-likeness (QED) is 0.415. The van der Waals surface area contributed by atoms with Crippen LogP contribution in [0.15, 0.2) is 24.3 Å². The molecule has 0 atom stereocenters. The van der Waals surface area contributed by atoms with Gasteiger partial charge >= 0.3 is 0 Å². The van der Waals surface area contributed by atoms with Gasteiger partial charge in [-0.2, -0.15) is 0 Å². The average molecular weight is 458 g/mol. The fraction of sp³-hybridized carbons (Fsp3) is 0.800. The van der Waals surface area contributed by atoms with Crippen molar-refractivity contribution in [2.75, 3.05) is 32.7 Å². The van der Waals surface area contributed by atoms with Crippen molar-refractivity contribution in [3.63, 3.8) is 0 Å². The monoisotopic (exact) mass is 457 g/mol. The molecule has 1 aromatic rings. The van der Waals surface area contributed by atoms with Crippen molar-refractivity contribution in [3.05, 3.63) is 35.4 Å². The number of benzene rings is 1. The average Bonchev–Trinajstić information content (AvgIpc) is 3.29. The normalized spacial score (nSPS) is 20.9. The molecule has 0 N–H and O–H groups in total. The lowest BCUT2D eigenvalue weighted by Crippen LogP contribution is -2.44. The lowest BCUT2D eigenvalue weighted by atomic mass is 9.95. The Morgan fingerprint density at radius 2 is 0.879 bits per heavy atom. The predicted octanol–water partition coefficient (Wildman–Crippen LogP) is 6.99. The maximum Gasteiger partial charge on any atom is 0.0241 e. The van der Waals surface area contributed by atoms with Crippen molar-refractivity contribution < 1.29 is 0 Å². The van der Waals surface area contributed by atoms with Crippen LogP contribution in [-0.4, -0.2) is 64.0 Å². The highest BCUT2D eigenvalue weighted by Gasteiger charge is 2.25. The lowest BCUT2D eigenvalue weighted by Gasteiger charge is -2.39. The standard InChI is InChI=1S/C13H19N.C9H19N.C8H17N/c1-13(2,3)14-9-8-11-6-4-5-7-12(11)10-14;1-9(2,3)10-7-5-4-6-8-10;1-8(2,3)9-6-4-5-7-9/h4-7H,8-10H2,1-3H3;4-8H2,1-3H3;4-7H2,1-3H3. The van der Waals surface area contributed by atoms with E-state index in [1.807, 2.05) is 0 Å². The second-order valence-electron chi connectivity index (χ2n) is 13.2. The van der Waals surface area contributed by atoms with Gasteiger partial charge in [0.25, 0.3) is 0 Å². The van der Waals surface area contributed by atoms with Crippen molar-refractivity contribution >= 4 is 0 Å². The van der Waals surface area contributed by atoms with E-state index in [1.165, 1.54) is 82.4 Å². The van der Waals surface area contributed by atoms with E-state index < -0.39 is 0 Å². The van der Waals surface area contributed by atoms with Gasteiger partial charge < -0.3 is 0 Å². The molecule has 1 aromatic carbocycles. The van der Waals surface area contributed by atoms with Crippen molar-refractivity contribution in [3.8, 4) is 0 Å². The molecule has 3 heteroatoms. The topological polar surface area (TPSA) is 9.72 Å². The first-order valence-corrected chi connectivity index (χ1v) is 13.6. The summed E-state index contributed by atoms with van der Waals surface area (Å²) in [6.07, 6.45) is 8.24. The van der Waals surface area contributed by atoms with Gasteiger partial charge in [-0.1, -0.05) is 30.7 Å². The summed E-state index contributed by atoms with van der Waals surface area (Å²) < 4.78 is 0. The first-order valence-electron chi connectivity index (χ1n) is 13.6. The van der Waals surface area contributed by atoms with Crippen LogP contribution in [0.2, 0.25) is 0 Å². The summed E-state index contributed by atoms with van der Waals surface area (Å²) in [7, 11) is 0. The maximum atomic E-state index is 2.58. The van der Waals surface area contributed by atoms with E-state index in [0.717, 1.165) is 6.54 Å². The molecule has 0 saturated carbocycles. The molecular weight excluding hydrogens is 402 g/mol. The molecule has 0 spiro atoms. The smallest absolute Gasteiger partial charge is 0.0241 e. The molecule has 190 valence electrons. The van der Waals surface area contributed by atoms with Crippen LogP contribution in [-0.2, 0) is 13.0 Å². The van der Waals surface area contributed by atoms with E-state index in [-0.39, 0.29) is 0 Å². The highest BCUT2D eigenvalue weighted by Crippen LogP contribution is 2.24. The number of likely N-dealkylation sites (tertiary alicyclic amines) is 2. The van der Waals surface area contributed by atoms with Gasteiger partial charge in [0.1, 0.15) is 0 Å². The summed E-state index contributed by atoms with van der Waals surface area (Å²) in [5.41, 5.74) is 4.16. The molecule has 0 amide bonds. The highest BCUT2D eigenvalue weighted by atomic mass is 15.2. The summed E-state index contributed by atoms with van der Waals surface area (Å²) >= 11 is 0. The van der Waals surface area contributed by atoms with Crippen LogP contribution in [0.3, 0.4) is 0 Å². The highest BCUT2D eigenvalue weighted by molar-refractivity contribution is 5.29. The van der Waals surface area contributed by atoms with E-state index in [9.17, 15) is 0 Å². The first-order chi connectivity index (χ1) is 15.3. The molecule has 2 fully saturated rings. The summed E-state index contributed by atoms with van der Waals surface area (Å²) in [4.78, 5) is 7.68. The van der Waals surface area contributed by atoms with Gasteiger partial charge in [0.05, 0.1) is 0 Å². The Hall–Kier alpha value is -0.900. The Balaban J connectivity index is 0.000000181. The second-order valence-corrected chi connectivity index (χ2v) is 13.2. The van der Waals surface area contributed by atoms with Gasteiger partial charge in [-0.15, -0.1) is 0 Å². The number of rotatable bonds is 0. The second kappa shape index (κ2) is 12.2. The fourth-order valence-corrected chi connectivity index (χ4v) is 5.02. The fourth-order valence-electron chi connectivity index (χ4n) is 5.02. The van der Waals surface area contributed by atoms with Gasteiger partial charge in [0, 0.05) is 29.7 Å². The Morgan fingerprint density at radius 3 is 1.27 bits per heavy atom. The van der Waals surface area contributed by atoms with Gasteiger partial charge in [-0.05, 0) is 132 Å². The predicted molar refractivity (Wildman–Crippen MR) is 146 cm³/mol. The van der Waals surface area contributed by atoms with E-state index in [0.29, 0.717) is 16.6 Å². The van der Waals surface area contributed by atoms with Gasteiger partial charge in [0.2, 0.25) is 0 Å². The molecule has 0 aromatic heterocycles. The molecule has 0 bridgehead atoms.